The predicted molar refractivity (Wildman–Crippen MR) is 85.0 cm³/mol. The van der Waals surface area contributed by atoms with Gasteiger partial charge < -0.3 is 23.4 Å². The molecular formula is C17H19N3O5. The Balaban J connectivity index is 1.24. The van der Waals surface area contributed by atoms with Crippen molar-refractivity contribution in [3.05, 3.63) is 24.1 Å². The maximum absolute atomic E-state index is 5.83. The van der Waals surface area contributed by atoms with Gasteiger partial charge in [-0.05, 0) is 18.2 Å². The molecule has 3 aliphatic rings. The third kappa shape index (κ3) is 2.86. The highest BCUT2D eigenvalue weighted by atomic mass is 16.7. The van der Waals surface area contributed by atoms with E-state index in [0.29, 0.717) is 37.3 Å². The van der Waals surface area contributed by atoms with Crippen molar-refractivity contribution in [2.45, 2.75) is 25.2 Å². The van der Waals surface area contributed by atoms with Crippen molar-refractivity contribution in [2.75, 3.05) is 33.1 Å². The van der Waals surface area contributed by atoms with Gasteiger partial charge in [0.1, 0.15) is 0 Å². The molecule has 0 amide bonds. The molecule has 1 spiro atoms. The number of benzene rings is 1. The van der Waals surface area contributed by atoms with E-state index in [1.54, 1.807) is 0 Å². The SMILES string of the molecule is c1cc2c(cc1-c1nnc(CN3CCC4(CC3)OCCO4)o1)OCO2. The van der Waals surface area contributed by atoms with Crippen LogP contribution < -0.4 is 9.47 Å². The molecule has 8 heteroatoms. The van der Waals surface area contributed by atoms with Crippen molar-refractivity contribution in [3.63, 3.8) is 0 Å². The highest BCUT2D eigenvalue weighted by Gasteiger charge is 2.39. The molecule has 25 heavy (non-hydrogen) atoms. The number of fused-ring (bicyclic) bond motifs is 1. The lowest BCUT2D eigenvalue weighted by Crippen LogP contribution is -2.44. The molecule has 0 atom stereocenters. The molecular weight excluding hydrogens is 326 g/mol. The fourth-order valence-corrected chi connectivity index (χ4v) is 3.49. The van der Waals surface area contributed by atoms with Crippen LogP contribution in [0.15, 0.2) is 22.6 Å². The van der Waals surface area contributed by atoms with Crippen LogP contribution in [0.3, 0.4) is 0 Å². The average molecular weight is 345 g/mol. The summed E-state index contributed by atoms with van der Waals surface area (Å²) < 4.78 is 28.0. The van der Waals surface area contributed by atoms with Crippen molar-refractivity contribution in [1.29, 1.82) is 0 Å². The molecule has 2 saturated heterocycles. The second-order valence-corrected chi connectivity index (χ2v) is 6.45. The van der Waals surface area contributed by atoms with Crippen LogP contribution in [0.25, 0.3) is 11.5 Å². The number of piperidine rings is 1. The van der Waals surface area contributed by atoms with Gasteiger partial charge in [-0.15, -0.1) is 10.2 Å². The predicted octanol–water partition coefficient (Wildman–Crippen LogP) is 1.80. The zero-order chi connectivity index (χ0) is 16.7. The van der Waals surface area contributed by atoms with E-state index < -0.39 is 0 Å². The summed E-state index contributed by atoms with van der Waals surface area (Å²) in [4.78, 5) is 2.28. The number of rotatable bonds is 3. The van der Waals surface area contributed by atoms with Crippen LogP contribution in [-0.4, -0.2) is 54.0 Å². The number of hydrogen-bond acceptors (Lipinski definition) is 8. The van der Waals surface area contributed by atoms with Gasteiger partial charge in [0.2, 0.25) is 18.6 Å². The Kier molecular flexibility index (Phi) is 3.61. The fraction of sp³-hybridized carbons (Fsp3) is 0.529. The van der Waals surface area contributed by atoms with Crippen LogP contribution in [0.1, 0.15) is 18.7 Å². The molecule has 2 aromatic rings. The van der Waals surface area contributed by atoms with Crippen molar-refractivity contribution in [1.82, 2.24) is 15.1 Å². The summed E-state index contributed by atoms with van der Waals surface area (Å²) >= 11 is 0. The Morgan fingerprint density at radius 1 is 1.00 bits per heavy atom. The minimum atomic E-state index is -0.358. The van der Waals surface area contributed by atoms with Gasteiger partial charge in [0.05, 0.1) is 19.8 Å². The van der Waals surface area contributed by atoms with Gasteiger partial charge in [-0.3, -0.25) is 4.90 Å². The van der Waals surface area contributed by atoms with E-state index in [4.69, 9.17) is 23.4 Å². The summed E-state index contributed by atoms with van der Waals surface area (Å²) in [5.74, 6) is 2.18. The molecule has 0 N–H and O–H groups in total. The summed E-state index contributed by atoms with van der Waals surface area (Å²) in [5.41, 5.74) is 0.827. The number of likely N-dealkylation sites (tertiary alicyclic amines) is 1. The number of aromatic nitrogens is 2. The van der Waals surface area contributed by atoms with Gasteiger partial charge in [0.25, 0.3) is 0 Å². The Morgan fingerprint density at radius 2 is 1.80 bits per heavy atom. The first-order valence-corrected chi connectivity index (χ1v) is 8.52. The summed E-state index contributed by atoms with van der Waals surface area (Å²) in [6.07, 6.45) is 1.74. The monoisotopic (exact) mass is 345 g/mol. The largest absolute Gasteiger partial charge is 0.454 e. The van der Waals surface area contributed by atoms with E-state index >= 15 is 0 Å². The minimum Gasteiger partial charge on any atom is -0.454 e. The number of hydrogen-bond donors (Lipinski definition) is 0. The molecule has 5 rings (SSSR count). The minimum absolute atomic E-state index is 0.248. The molecule has 132 valence electrons. The van der Waals surface area contributed by atoms with Gasteiger partial charge in [-0.2, -0.15) is 0 Å². The zero-order valence-corrected chi connectivity index (χ0v) is 13.8. The number of ether oxygens (including phenoxy) is 4. The van der Waals surface area contributed by atoms with Gasteiger partial charge in [-0.25, -0.2) is 0 Å². The second-order valence-electron chi connectivity index (χ2n) is 6.45. The summed E-state index contributed by atoms with van der Waals surface area (Å²) in [6.45, 7) is 4.06. The van der Waals surface area contributed by atoms with Crippen molar-refractivity contribution >= 4 is 0 Å². The lowest BCUT2D eigenvalue weighted by molar-refractivity contribution is -0.186. The van der Waals surface area contributed by atoms with E-state index in [-0.39, 0.29) is 12.6 Å². The molecule has 0 aliphatic carbocycles. The Bertz CT molecular complexity index is 761. The van der Waals surface area contributed by atoms with Gasteiger partial charge in [0, 0.05) is 31.5 Å². The maximum atomic E-state index is 5.83. The van der Waals surface area contributed by atoms with Gasteiger partial charge in [0.15, 0.2) is 17.3 Å². The standard InChI is InChI=1S/C17H19N3O5/c1-2-13-14(22-11-21-13)9-12(1)16-19-18-15(25-16)10-20-5-3-17(4-6-20)23-7-8-24-17/h1-2,9H,3-8,10-11H2. The van der Waals surface area contributed by atoms with Crippen LogP contribution in [0, 0.1) is 0 Å². The summed E-state index contributed by atoms with van der Waals surface area (Å²) in [6, 6.07) is 5.61. The van der Waals surface area contributed by atoms with Crippen LogP contribution in [0.4, 0.5) is 0 Å². The lowest BCUT2D eigenvalue weighted by Gasteiger charge is -2.36. The van der Waals surface area contributed by atoms with Crippen molar-refractivity contribution in [2.24, 2.45) is 0 Å². The summed E-state index contributed by atoms with van der Waals surface area (Å²) in [7, 11) is 0. The Morgan fingerprint density at radius 3 is 2.64 bits per heavy atom. The topological polar surface area (TPSA) is 79.1 Å². The highest BCUT2D eigenvalue weighted by Crippen LogP contribution is 2.36. The maximum Gasteiger partial charge on any atom is 0.247 e. The van der Waals surface area contributed by atoms with Crippen molar-refractivity contribution < 1.29 is 23.4 Å². The van der Waals surface area contributed by atoms with E-state index in [1.807, 2.05) is 18.2 Å². The second kappa shape index (κ2) is 5.98. The van der Waals surface area contributed by atoms with Crippen LogP contribution >= 0.6 is 0 Å². The Labute approximate surface area is 144 Å². The van der Waals surface area contributed by atoms with Gasteiger partial charge in [-0.1, -0.05) is 0 Å². The first kappa shape index (κ1) is 15.1. The highest BCUT2D eigenvalue weighted by molar-refractivity contribution is 5.60. The third-order valence-electron chi connectivity index (χ3n) is 4.88. The molecule has 1 aromatic carbocycles. The molecule has 0 radical (unpaired) electrons. The first-order valence-electron chi connectivity index (χ1n) is 8.52. The zero-order valence-electron chi connectivity index (χ0n) is 13.8. The van der Waals surface area contributed by atoms with Gasteiger partial charge >= 0.3 is 0 Å². The number of nitrogens with zero attached hydrogens (tertiary/aromatic N) is 3. The molecule has 0 unspecified atom stereocenters. The third-order valence-corrected chi connectivity index (χ3v) is 4.88. The molecule has 4 heterocycles. The van der Waals surface area contributed by atoms with Crippen LogP contribution in [-0.2, 0) is 16.0 Å². The molecule has 0 bridgehead atoms. The van der Waals surface area contributed by atoms with Crippen LogP contribution in [0.5, 0.6) is 11.5 Å². The van der Waals surface area contributed by atoms with E-state index in [9.17, 15) is 0 Å². The van der Waals surface area contributed by atoms with E-state index in [2.05, 4.69) is 15.1 Å². The molecule has 1 aromatic heterocycles. The average Bonchev–Trinajstić information content (AvgIpc) is 3.37. The molecule has 0 saturated carbocycles. The van der Waals surface area contributed by atoms with Crippen LogP contribution in [0.2, 0.25) is 0 Å². The fourth-order valence-electron chi connectivity index (χ4n) is 3.49. The molecule has 8 nitrogen and oxygen atoms in total. The normalized spacial score (nSPS) is 21.9. The quantitative estimate of drug-likeness (QED) is 0.833. The van der Waals surface area contributed by atoms with E-state index in [1.165, 1.54) is 0 Å². The lowest BCUT2D eigenvalue weighted by atomic mass is 10.0. The summed E-state index contributed by atoms with van der Waals surface area (Å²) in [5, 5.41) is 8.34. The Hall–Kier alpha value is -2.16. The molecule has 3 aliphatic heterocycles. The first-order chi connectivity index (χ1) is 12.3. The smallest absolute Gasteiger partial charge is 0.247 e. The molecule has 2 fully saturated rings. The van der Waals surface area contributed by atoms with E-state index in [0.717, 1.165) is 37.2 Å². The van der Waals surface area contributed by atoms with Crippen molar-refractivity contribution in [3.8, 4) is 23.0 Å².